The summed E-state index contributed by atoms with van der Waals surface area (Å²) in [7, 11) is -4.55. The van der Waals surface area contributed by atoms with E-state index in [2.05, 4.69) is 13.8 Å². The summed E-state index contributed by atoms with van der Waals surface area (Å²) < 4.78 is 22.3. The first-order valence-corrected chi connectivity index (χ1v) is 11.0. The van der Waals surface area contributed by atoms with Crippen molar-refractivity contribution in [3.63, 3.8) is 0 Å². The number of para-hydroxylation sites is 1. The van der Waals surface area contributed by atoms with Gasteiger partial charge < -0.3 is 19.0 Å². The first-order valence-electron chi connectivity index (χ1n) is 9.54. The zero-order valence-corrected chi connectivity index (χ0v) is 20.3. The van der Waals surface area contributed by atoms with E-state index < -0.39 is 7.82 Å². The quantitative estimate of drug-likeness (QED) is 0.435. The van der Waals surface area contributed by atoms with Crippen LogP contribution in [0.25, 0.3) is 0 Å². The van der Waals surface area contributed by atoms with Gasteiger partial charge in [0.2, 0.25) is 0 Å². The first kappa shape index (κ1) is 24.5. The van der Waals surface area contributed by atoms with E-state index in [-0.39, 0.29) is 52.2 Å². The predicted octanol–water partition coefficient (Wildman–Crippen LogP) is 2.43. The Labute approximate surface area is 199 Å². The van der Waals surface area contributed by atoms with Gasteiger partial charge in [-0.1, -0.05) is 56.3 Å². The zero-order valence-electron chi connectivity index (χ0n) is 17.4. The van der Waals surface area contributed by atoms with Crippen LogP contribution < -0.4 is 43.5 Å². The third kappa shape index (κ3) is 5.69. The number of phosphoric acid groups is 1. The molecule has 0 aliphatic carbocycles. The standard InChI is InChI=1S/C23H25O5P.Na/c1-3-23(4-2,18-10-14-20(24)15-11-18)19-12-16-22(17-13-19)28-29(25,26)27-21-8-6-5-7-9-21;/h5-17,24H,3-4H2,1-2H3,(H,25,26);/q;+1/p-1. The molecule has 0 radical (unpaired) electrons. The summed E-state index contributed by atoms with van der Waals surface area (Å²) in [5.41, 5.74) is 1.90. The summed E-state index contributed by atoms with van der Waals surface area (Å²) in [5, 5.41) is 9.60. The monoisotopic (exact) mass is 434 g/mol. The molecule has 3 rings (SSSR count). The molecule has 0 fully saturated rings. The Bertz CT molecular complexity index is 971. The summed E-state index contributed by atoms with van der Waals surface area (Å²) in [6.07, 6.45) is 1.71. The van der Waals surface area contributed by atoms with Crippen LogP contribution in [0.3, 0.4) is 0 Å². The molecule has 3 aromatic carbocycles. The molecule has 0 saturated carbocycles. The van der Waals surface area contributed by atoms with Gasteiger partial charge in [-0.3, -0.25) is 0 Å². The Morgan fingerprint density at radius 2 is 1.23 bits per heavy atom. The van der Waals surface area contributed by atoms with E-state index in [1.807, 2.05) is 24.3 Å². The molecule has 7 heteroatoms. The van der Waals surface area contributed by atoms with Crippen LogP contribution >= 0.6 is 7.82 Å². The number of rotatable bonds is 8. The van der Waals surface area contributed by atoms with Crippen LogP contribution in [0.4, 0.5) is 0 Å². The first-order chi connectivity index (χ1) is 13.9. The molecule has 0 bridgehead atoms. The summed E-state index contributed by atoms with van der Waals surface area (Å²) >= 11 is 0. The smallest absolute Gasteiger partial charge is 0.736 e. The summed E-state index contributed by atoms with van der Waals surface area (Å²) in [6, 6.07) is 22.5. The molecular formula is C23H24NaO5P. The minimum absolute atomic E-state index is 0. The SMILES string of the molecule is CCC(CC)(c1ccc(O)cc1)c1ccc(OP(=O)([O-])Oc2ccccc2)cc1.[Na+]. The number of phosphoric ester groups is 1. The van der Waals surface area contributed by atoms with Crippen LogP contribution in [0.15, 0.2) is 78.9 Å². The van der Waals surface area contributed by atoms with Gasteiger partial charge in [-0.25, -0.2) is 4.57 Å². The molecule has 3 aromatic rings. The molecule has 30 heavy (non-hydrogen) atoms. The molecule has 0 spiro atoms. The molecule has 0 aromatic heterocycles. The minimum atomic E-state index is -4.55. The molecule has 0 aliphatic heterocycles. The van der Waals surface area contributed by atoms with Gasteiger partial charge in [0.25, 0.3) is 0 Å². The normalized spacial score (nSPS) is 13.0. The maximum Gasteiger partial charge on any atom is 1.00 e. The van der Waals surface area contributed by atoms with Crippen LogP contribution in [0.1, 0.15) is 37.8 Å². The van der Waals surface area contributed by atoms with Gasteiger partial charge in [-0.2, -0.15) is 0 Å². The number of phenols is 1. The Morgan fingerprint density at radius 1 is 0.800 bits per heavy atom. The number of aromatic hydroxyl groups is 1. The maximum atomic E-state index is 12.2. The van der Waals surface area contributed by atoms with Crippen molar-refractivity contribution < 1.29 is 53.2 Å². The van der Waals surface area contributed by atoms with Crippen molar-refractivity contribution in [3.05, 3.63) is 90.0 Å². The fourth-order valence-electron chi connectivity index (χ4n) is 3.61. The van der Waals surface area contributed by atoms with Crippen molar-refractivity contribution in [1.29, 1.82) is 0 Å². The molecule has 0 aliphatic rings. The van der Waals surface area contributed by atoms with Gasteiger partial charge in [0.05, 0.1) is 0 Å². The third-order valence-electron chi connectivity index (χ3n) is 5.21. The molecule has 5 nitrogen and oxygen atoms in total. The summed E-state index contributed by atoms with van der Waals surface area (Å²) in [5.74, 6) is 0.615. The van der Waals surface area contributed by atoms with Crippen molar-refractivity contribution in [3.8, 4) is 17.2 Å². The van der Waals surface area contributed by atoms with Crippen LogP contribution in [0.5, 0.6) is 17.2 Å². The molecule has 0 saturated heterocycles. The molecular weight excluding hydrogens is 410 g/mol. The van der Waals surface area contributed by atoms with Crippen LogP contribution in [0, 0.1) is 0 Å². The minimum Gasteiger partial charge on any atom is -0.736 e. The van der Waals surface area contributed by atoms with Crippen LogP contribution in [-0.4, -0.2) is 5.11 Å². The van der Waals surface area contributed by atoms with E-state index in [0.29, 0.717) is 0 Å². The van der Waals surface area contributed by atoms with Gasteiger partial charge in [0.15, 0.2) is 0 Å². The Kier molecular flexibility index (Phi) is 8.60. The Morgan fingerprint density at radius 3 is 1.70 bits per heavy atom. The largest absolute Gasteiger partial charge is 1.00 e. The molecule has 152 valence electrons. The van der Waals surface area contributed by atoms with Gasteiger partial charge in [0.1, 0.15) is 17.2 Å². The third-order valence-corrected chi connectivity index (χ3v) is 6.08. The predicted molar refractivity (Wildman–Crippen MR) is 111 cm³/mol. The fourth-order valence-corrected chi connectivity index (χ4v) is 4.40. The second-order valence-electron chi connectivity index (χ2n) is 6.80. The van der Waals surface area contributed by atoms with Gasteiger partial charge in [0, 0.05) is 5.41 Å². The van der Waals surface area contributed by atoms with Gasteiger partial charge in [-0.15, -0.1) is 0 Å². The topological polar surface area (TPSA) is 78.8 Å². The molecule has 1 unspecified atom stereocenters. The van der Waals surface area contributed by atoms with Crippen LogP contribution in [-0.2, 0) is 9.98 Å². The molecule has 1 atom stereocenters. The van der Waals surface area contributed by atoms with Crippen LogP contribution in [0.2, 0.25) is 0 Å². The van der Waals surface area contributed by atoms with E-state index in [1.54, 1.807) is 54.6 Å². The fraction of sp³-hybridized carbons (Fsp3) is 0.217. The van der Waals surface area contributed by atoms with Gasteiger partial charge in [-0.05, 0) is 60.4 Å². The molecule has 0 amide bonds. The number of hydrogen-bond acceptors (Lipinski definition) is 5. The van der Waals surface area contributed by atoms with Crippen molar-refractivity contribution >= 4 is 7.82 Å². The number of phenolic OH excluding ortho intramolecular Hbond substituents is 1. The Hall–Kier alpha value is -1.75. The van der Waals surface area contributed by atoms with E-state index >= 15 is 0 Å². The molecule has 1 N–H and O–H groups in total. The van der Waals surface area contributed by atoms with Gasteiger partial charge >= 0.3 is 37.4 Å². The van der Waals surface area contributed by atoms with Crippen molar-refractivity contribution in [2.75, 3.05) is 0 Å². The zero-order chi connectivity index (χ0) is 20.9. The summed E-state index contributed by atoms with van der Waals surface area (Å²) in [4.78, 5) is 12.2. The van der Waals surface area contributed by atoms with Crippen molar-refractivity contribution in [1.82, 2.24) is 0 Å². The van der Waals surface area contributed by atoms with E-state index in [9.17, 15) is 14.6 Å². The average molecular weight is 434 g/mol. The summed E-state index contributed by atoms with van der Waals surface area (Å²) in [6.45, 7) is 4.22. The second kappa shape index (κ2) is 10.5. The van der Waals surface area contributed by atoms with E-state index in [4.69, 9.17) is 9.05 Å². The maximum absolute atomic E-state index is 12.2. The van der Waals surface area contributed by atoms with Crippen molar-refractivity contribution in [2.45, 2.75) is 32.1 Å². The van der Waals surface area contributed by atoms with E-state index in [0.717, 1.165) is 24.0 Å². The van der Waals surface area contributed by atoms with E-state index in [1.165, 1.54) is 0 Å². The molecule has 0 heterocycles. The number of benzene rings is 3. The Balaban J connectivity index is 0.00000320. The average Bonchev–Trinajstić information content (AvgIpc) is 2.72. The van der Waals surface area contributed by atoms with Crippen molar-refractivity contribution in [2.24, 2.45) is 0 Å². The number of hydrogen-bond donors (Lipinski definition) is 1. The second-order valence-corrected chi connectivity index (χ2v) is 8.06.